The van der Waals surface area contributed by atoms with Gasteiger partial charge in [0.05, 0.1) is 25.7 Å². The predicted molar refractivity (Wildman–Crippen MR) is 122 cm³/mol. The lowest BCUT2D eigenvalue weighted by atomic mass is 10.1. The second-order valence-electron chi connectivity index (χ2n) is 7.50. The Morgan fingerprint density at radius 3 is 2.84 bits per heavy atom. The first-order valence-electron chi connectivity index (χ1n) is 10.1. The molecule has 0 atom stereocenters. The molecule has 3 heterocycles. The fraction of sp³-hybridized carbons (Fsp3) is 0.182. The van der Waals surface area contributed by atoms with Crippen LogP contribution in [0.3, 0.4) is 0 Å². The third-order valence-corrected chi connectivity index (χ3v) is 5.25. The van der Waals surface area contributed by atoms with Crippen LogP contribution < -0.4 is 20.7 Å². The minimum Gasteiger partial charge on any atom is -0.495 e. The van der Waals surface area contributed by atoms with E-state index in [9.17, 15) is 0 Å². The van der Waals surface area contributed by atoms with Crippen LogP contribution in [-0.4, -0.2) is 44.0 Å². The Labute approximate surface area is 184 Å². The van der Waals surface area contributed by atoms with Crippen molar-refractivity contribution in [2.75, 3.05) is 24.4 Å². The number of hydrogen-bond donors (Lipinski definition) is 3. The monoisotopic (exact) mass is 429 g/mol. The number of nitrogen functional groups attached to an aromatic ring is 1. The standard InChI is InChI=1S/C22H23N9O/c1-14-10-30(13-24-14)19-8-7-15(9-20(19)32-2)18-11-31(29-26-18)12-21-25-22(28-27-21)16-5-3-4-6-17(16)23/h3-11,24H,12-13,23H2,1-2H3,(H,25,27,28). The second kappa shape index (κ2) is 8.06. The van der Waals surface area contributed by atoms with Crippen LogP contribution in [0.2, 0.25) is 0 Å². The van der Waals surface area contributed by atoms with E-state index < -0.39 is 0 Å². The number of H-pyrrole nitrogens is 1. The maximum atomic E-state index is 6.02. The van der Waals surface area contributed by atoms with Crippen LogP contribution in [0.25, 0.3) is 22.6 Å². The molecule has 0 fully saturated rings. The van der Waals surface area contributed by atoms with E-state index in [0.29, 0.717) is 30.5 Å². The first kappa shape index (κ1) is 19.6. The summed E-state index contributed by atoms with van der Waals surface area (Å²) in [5.41, 5.74) is 11.2. The van der Waals surface area contributed by atoms with Crippen molar-refractivity contribution in [1.29, 1.82) is 0 Å². The molecule has 0 saturated heterocycles. The number of anilines is 2. The number of para-hydroxylation sites is 1. The fourth-order valence-electron chi connectivity index (χ4n) is 3.61. The molecule has 1 aliphatic rings. The van der Waals surface area contributed by atoms with Gasteiger partial charge in [0, 0.05) is 28.7 Å². The van der Waals surface area contributed by atoms with Crippen molar-refractivity contribution >= 4 is 11.4 Å². The van der Waals surface area contributed by atoms with Crippen molar-refractivity contribution in [3.8, 4) is 28.4 Å². The highest BCUT2D eigenvalue weighted by Gasteiger charge is 2.17. The maximum Gasteiger partial charge on any atom is 0.183 e. The van der Waals surface area contributed by atoms with E-state index in [0.717, 1.165) is 34.0 Å². The number of ether oxygens (including phenoxy) is 1. The number of nitrogens with one attached hydrogen (secondary N) is 2. The summed E-state index contributed by atoms with van der Waals surface area (Å²) in [6.45, 7) is 3.16. The van der Waals surface area contributed by atoms with E-state index in [-0.39, 0.29) is 0 Å². The molecule has 0 spiro atoms. The fourth-order valence-corrected chi connectivity index (χ4v) is 3.61. The summed E-state index contributed by atoms with van der Waals surface area (Å²) in [7, 11) is 1.67. The normalized spacial score (nSPS) is 13.2. The van der Waals surface area contributed by atoms with Gasteiger partial charge in [-0.2, -0.15) is 5.10 Å². The van der Waals surface area contributed by atoms with Crippen LogP contribution >= 0.6 is 0 Å². The van der Waals surface area contributed by atoms with Gasteiger partial charge < -0.3 is 20.7 Å². The van der Waals surface area contributed by atoms with Gasteiger partial charge in [0.2, 0.25) is 0 Å². The molecule has 0 amide bonds. The maximum absolute atomic E-state index is 6.02. The summed E-state index contributed by atoms with van der Waals surface area (Å²) in [5, 5.41) is 19.1. The molecular formula is C22H23N9O. The third-order valence-electron chi connectivity index (χ3n) is 5.25. The van der Waals surface area contributed by atoms with Gasteiger partial charge >= 0.3 is 0 Å². The number of benzene rings is 2. The van der Waals surface area contributed by atoms with Gasteiger partial charge in [0.15, 0.2) is 5.82 Å². The summed E-state index contributed by atoms with van der Waals surface area (Å²) >= 11 is 0. The van der Waals surface area contributed by atoms with E-state index in [4.69, 9.17) is 10.5 Å². The lowest BCUT2D eigenvalue weighted by Gasteiger charge is -2.18. The van der Waals surface area contributed by atoms with Crippen LogP contribution in [0.4, 0.5) is 11.4 Å². The van der Waals surface area contributed by atoms with Gasteiger partial charge in [0.25, 0.3) is 0 Å². The van der Waals surface area contributed by atoms with Gasteiger partial charge in [0.1, 0.15) is 23.8 Å². The van der Waals surface area contributed by atoms with E-state index in [1.807, 2.05) is 55.6 Å². The summed E-state index contributed by atoms with van der Waals surface area (Å²) in [6.07, 6.45) is 3.93. The van der Waals surface area contributed by atoms with Crippen molar-refractivity contribution in [3.63, 3.8) is 0 Å². The number of aromatic nitrogens is 6. The van der Waals surface area contributed by atoms with Crippen molar-refractivity contribution < 1.29 is 4.74 Å². The molecule has 4 aromatic rings. The summed E-state index contributed by atoms with van der Waals surface area (Å²) in [5.74, 6) is 1.99. The Morgan fingerprint density at radius 1 is 1.19 bits per heavy atom. The topological polar surface area (TPSA) is 123 Å². The highest BCUT2D eigenvalue weighted by atomic mass is 16.5. The molecule has 2 aromatic heterocycles. The average molecular weight is 429 g/mol. The number of aromatic amines is 1. The molecule has 2 aromatic carbocycles. The Morgan fingerprint density at radius 2 is 2.06 bits per heavy atom. The number of nitrogens with zero attached hydrogens (tertiary/aromatic N) is 6. The smallest absolute Gasteiger partial charge is 0.183 e. The molecule has 0 saturated carbocycles. The minimum atomic E-state index is 0.408. The third kappa shape index (κ3) is 3.73. The Kier molecular flexibility index (Phi) is 4.94. The quantitative estimate of drug-likeness (QED) is 0.400. The van der Waals surface area contributed by atoms with Crippen LogP contribution in [0.5, 0.6) is 5.75 Å². The van der Waals surface area contributed by atoms with Crippen LogP contribution in [0, 0.1) is 0 Å². The number of methoxy groups -OCH3 is 1. The first-order valence-corrected chi connectivity index (χ1v) is 10.1. The number of hydrogen-bond acceptors (Lipinski definition) is 8. The van der Waals surface area contributed by atoms with Gasteiger partial charge in [-0.15, -0.1) is 5.10 Å². The van der Waals surface area contributed by atoms with Crippen LogP contribution in [0.1, 0.15) is 12.7 Å². The zero-order chi connectivity index (χ0) is 22.1. The first-order chi connectivity index (χ1) is 15.6. The molecule has 10 heteroatoms. The Balaban J connectivity index is 1.35. The summed E-state index contributed by atoms with van der Waals surface area (Å²) in [4.78, 5) is 6.64. The predicted octanol–water partition coefficient (Wildman–Crippen LogP) is 2.60. The van der Waals surface area contributed by atoms with Crippen molar-refractivity contribution in [1.82, 2.24) is 35.5 Å². The molecule has 4 N–H and O–H groups in total. The zero-order valence-corrected chi connectivity index (χ0v) is 17.8. The average Bonchev–Trinajstić information content (AvgIpc) is 3.56. The van der Waals surface area contributed by atoms with Gasteiger partial charge in [-0.25, -0.2) is 9.67 Å². The largest absolute Gasteiger partial charge is 0.495 e. The molecule has 5 rings (SSSR count). The molecule has 10 nitrogen and oxygen atoms in total. The summed E-state index contributed by atoms with van der Waals surface area (Å²) < 4.78 is 7.34. The van der Waals surface area contributed by atoms with Crippen molar-refractivity contribution in [2.24, 2.45) is 0 Å². The molecular weight excluding hydrogens is 406 g/mol. The lowest BCUT2D eigenvalue weighted by Crippen LogP contribution is -2.20. The van der Waals surface area contributed by atoms with E-state index in [1.165, 1.54) is 0 Å². The van der Waals surface area contributed by atoms with Crippen molar-refractivity contribution in [2.45, 2.75) is 13.5 Å². The van der Waals surface area contributed by atoms with Crippen LogP contribution in [0.15, 0.2) is 60.6 Å². The molecule has 0 aliphatic carbocycles. The lowest BCUT2D eigenvalue weighted by molar-refractivity contribution is 0.415. The summed E-state index contributed by atoms with van der Waals surface area (Å²) in [6, 6.07) is 13.5. The molecule has 0 bridgehead atoms. The van der Waals surface area contributed by atoms with Gasteiger partial charge in [-0.1, -0.05) is 23.4 Å². The molecule has 162 valence electrons. The highest BCUT2D eigenvalue weighted by molar-refractivity contribution is 5.71. The number of nitrogens with two attached hydrogens (primary N) is 1. The van der Waals surface area contributed by atoms with E-state index in [2.05, 4.69) is 41.9 Å². The second-order valence-corrected chi connectivity index (χ2v) is 7.50. The van der Waals surface area contributed by atoms with E-state index >= 15 is 0 Å². The Bertz CT molecular complexity index is 1290. The van der Waals surface area contributed by atoms with Crippen molar-refractivity contribution in [3.05, 3.63) is 66.4 Å². The Hall–Kier alpha value is -4.34. The van der Waals surface area contributed by atoms with Crippen LogP contribution in [-0.2, 0) is 6.54 Å². The molecule has 0 unspecified atom stereocenters. The molecule has 0 radical (unpaired) electrons. The van der Waals surface area contributed by atoms with Gasteiger partial charge in [-0.05, 0) is 31.2 Å². The minimum absolute atomic E-state index is 0.408. The van der Waals surface area contributed by atoms with E-state index in [1.54, 1.807) is 11.8 Å². The molecule has 32 heavy (non-hydrogen) atoms. The number of allylic oxidation sites excluding steroid dienone is 1. The highest BCUT2D eigenvalue weighted by Crippen LogP contribution is 2.33. The molecule has 1 aliphatic heterocycles. The number of rotatable bonds is 6. The zero-order valence-electron chi connectivity index (χ0n) is 17.8. The van der Waals surface area contributed by atoms with Gasteiger partial charge in [-0.3, -0.25) is 5.10 Å². The SMILES string of the molecule is COc1cc(-c2cn(Cc3nc(-c4ccccc4N)n[nH]3)nn2)ccc1N1C=C(C)NC1.